The second kappa shape index (κ2) is 3.88. The van der Waals surface area contributed by atoms with Gasteiger partial charge in [0, 0.05) is 0 Å². The largest absolute Gasteiger partial charge is 0.232 e. The van der Waals surface area contributed by atoms with Gasteiger partial charge in [-0.25, -0.2) is 5.11 Å². The Morgan fingerprint density at radius 3 is 2.29 bits per heavy atom. The minimum atomic E-state index is -0.0851. The van der Waals surface area contributed by atoms with Crippen LogP contribution in [-0.2, 0) is 5.11 Å². The third-order valence-electron chi connectivity index (χ3n) is 0.617. The first-order valence-electron chi connectivity index (χ1n) is 2.52. The number of hydrogen-bond acceptors (Lipinski definition) is 0. The molecule has 1 nitrogen and oxygen atoms in total. The third kappa shape index (κ3) is 5.70. The van der Waals surface area contributed by atoms with Gasteiger partial charge in [-0.1, -0.05) is 26.0 Å². The van der Waals surface area contributed by atoms with Crippen LogP contribution < -0.4 is 0 Å². The number of hydrogen-bond donors (Lipinski definition) is 0. The summed E-state index contributed by atoms with van der Waals surface area (Å²) in [6, 6.07) is 0. The minimum Gasteiger partial charge on any atom is -0.232 e. The summed E-state index contributed by atoms with van der Waals surface area (Å²) in [5.41, 5.74) is 0. The van der Waals surface area contributed by atoms with E-state index in [1.54, 1.807) is 6.08 Å². The van der Waals surface area contributed by atoms with Crippen LogP contribution >= 0.6 is 0 Å². The van der Waals surface area contributed by atoms with E-state index < -0.39 is 0 Å². The van der Waals surface area contributed by atoms with E-state index in [0.717, 1.165) is 0 Å². The third-order valence-corrected chi connectivity index (χ3v) is 0.617. The first-order chi connectivity index (χ1) is 3.27. The molecule has 7 heavy (non-hydrogen) atoms. The van der Waals surface area contributed by atoms with E-state index >= 15 is 0 Å². The van der Waals surface area contributed by atoms with Gasteiger partial charge >= 0.3 is 0 Å². The Labute approximate surface area is 44.7 Å². The molecular weight excluding hydrogens is 88.1 g/mol. The van der Waals surface area contributed by atoms with Crippen LogP contribution in [0.15, 0.2) is 12.2 Å². The van der Waals surface area contributed by atoms with E-state index in [4.69, 9.17) is 0 Å². The van der Waals surface area contributed by atoms with E-state index in [1.165, 1.54) is 0 Å². The smallest absolute Gasteiger partial charge is 0.100 e. The van der Waals surface area contributed by atoms with Crippen molar-refractivity contribution < 1.29 is 5.11 Å². The Kier molecular flexibility index (Phi) is 3.71. The molecule has 0 aliphatic rings. The average Bonchev–Trinajstić information content (AvgIpc) is 1.61. The summed E-state index contributed by atoms with van der Waals surface area (Å²) in [5.74, 6) is 0.522. The van der Waals surface area contributed by atoms with Gasteiger partial charge < -0.3 is 0 Å². The fourth-order valence-corrected chi connectivity index (χ4v) is 0.328. The molecule has 0 saturated heterocycles. The van der Waals surface area contributed by atoms with Crippen molar-refractivity contribution in [2.24, 2.45) is 5.92 Å². The van der Waals surface area contributed by atoms with Gasteiger partial charge in [-0.15, -0.1) is 0 Å². The second-order valence-electron chi connectivity index (χ2n) is 1.84. The highest BCUT2D eigenvalue weighted by Crippen LogP contribution is 1.91. The number of rotatable bonds is 2. The normalized spacial score (nSPS) is 11.4. The van der Waals surface area contributed by atoms with Crippen molar-refractivity contribution in [3.05, 3.63) is 12.2 Å². The summed E-state index contributed by atoms with van der Waals surface area (Å²) in [7, 11) is 0. The van der Waals surface area contributed by atoms with Crippen molar-refractivity contribution in [3.8, 4) is 0 Å². The molecule has 1 heteroatoms. The Morgan fingerprint density at radius 2 is 2.14 bits per heavy atom. The summed E-state index contributed by atoms with van der Waals surface area (Å²) >= 11 is 0. The molecule has 1 radical (unpaired) electrons. The zero-order valence-corrected chi connectivity index (χ0v) is 4.85. The highest BCUT2D eigenvalue weighted by Gasteiger charge is 1.79. The Morgan fingerprint density at radius 1 is 1.57 bits per heavy atom. The van der Waals surface area contributed by atoms with Crippen molar-refractivity contribution in [1.29, 1.82) is 0 Å². The molecule has 0 atom stereocenters. The van der Waals surface area contributed by atoms with Gasteiger partial charge in [-0.3, -0.25) is 0 Å². The van der Waals surface area contributed by atoms with Crippen molar-refractivity contribution in [2.45, 2.75) is 13.8 Å². The summed E-state index contributed by atoms with van der Waals surface area (Å²) in [6.07, 6.45) is 3.55. The summed E-state index contributed by atoms with van der Waals surface area (Å²) in [4.78, 5) is 0. The molecule has 0 aromatic heterocycles. The van der Waals surface area contributed by atoms with Crippen LogP contribution in [0.3, 0.4) is 0 Å². The Balaban J connectivity index is 3.08. The predicted octanol–water partition coefficient (Wildman–Crippen LogP) is 1.63. The lowest BCUT2D eigenvalue weighted by atomic mass is 10.2. The van der Waals surface area contributed by atoms with Gasteiger partial charge in [0.25, 0.3) is 0 Å². The highest BCUT2D eigenvalue weighted by molar-refractivity contribution is 4.83. The predicted molar refractivity (Wildman–Crippen MR) is 29.5 cm³/mol. The first-order valence-corrected chi connectivity index (χ1v) is 2.52. The van der Waals surface area contributed by atoms with Gasteiger partial charge in [-0.05, 0) is 5.92 Å². The maximum atomic E-state index is 9.75. The van der Waals surface area contributed by atoms with Crippen LogP contribution in [0.25, 0.3) is 0 Å². The van der Waals surface area contributed by atoms with Crippen molar-refractivity contribution in [2.75, 3.05) is 6.61 Å². The molecule has 41 valence electrons. The molecule has 0 N–H and O–H groups in total. The quantitative estimate of drug-likeness (QED) is 0.469. The molecule has 0 unspecified atom stereocenters. The molecule has 0 amide bonds. The minimum absolute atomic E-state index is 0.0851. The van der Waals surface area contributed by atoms with Gasteiger partial charge in [-0.2, -0.15) is 0 Å². The van der Waals surface area contributed by atoms with E-state index in [0.29, 0.717) is 5.92 Å². The molecule has 0 spiro atoms. The summed E-state index contributed by atoms with van der Waals surface area (Å²) in [5, 5.41) is 9.75. The van der Waals surface area contributed by atoms with E-state index in [2.05, 4.69) is 0 Å². The van der Waals surface area contributed by atoms with Crippen LogP contribution in [0.2, 0.25) is 0 Å². The molecule has 0 aliphatic heterocycles. The highest BCUT2D eigenvalue weighted by atomic mass is 16.2. The fraction of sp³-hybridized carbons (Fsp3) is 0.667. The molecule has 0 fully saturated rings. The van der Waals surface area contributed by atoms with E-state index in [9.17, 15) is 5.11 Å². The maximum Gasteiger partial charge on any atom is 0.100 e. The van der Waals surface area contributed by atoms with Crippen LogP contribution in [0.5, 0.6) is 0 Å². The molecule has 0 bridgehead atoms. The SMILES string of the molecule is CC(C)/C=C/C[O]. The van der Waals surface area contributed by atoms with Crippen molar-refractivity contribution >= 4 is 0 Å². The van der Waals surface area contributed by atoms with Gasteiger partial charge in [0.05, 0.1) is 0 Å². The maximum absolute atomic E-state index is 9.75. The molecule has 0 heterocycles. The monoisotopic (exact) mass is 99.1 g/mol. The average molecular weight is 99.2 g/mol. The molecule has 0 rings (SSSR count). The van der Waals surface area contributed by atoms with Crippen LogP contribution in [0, 0.1) is 5.92 Å². The Bertz CT molecular complexity index is 55.2. The molecular formula is C6H11O. The molecule has 0 saturated carbocycles. The second-order valence-corrected chi connectivity index (χ2v) is 1.84. The molecule has 0 aromatic rings. The topological polar surface area (TPSA) is 19.9 Å². The zero-order valence-electron chi connectivity index (χ0n) is 4.85. The van der Waals surface area contributed by atoms with Crippen molar-refractivity contribution in [1.82, 2.24) is 0 Å². The summed E-state index contributed by atoms with van der Waals surface area (Å²) in [6.45, 7) is 4.01. The van der Waals surface area contributed by atoms with Crippen LogP contribution in [0.4, 0.5) is 0 Å². The standard InChI is InChI=1S/C6H11O/c1-6(2)4-3-5-7/h3-4,6H,5H2,1-2H3/b4-3+. The molecule has 0 aliphatic carbocycles. The lowest BCUT2D eigenvalue weighted by Gasteiger charge is -1.88. The van der Waals surface area contributed by atoms with E-state index in [-0.39, 0.29) is 6.61 Å². The van der Waals surface area contributed by atoms with Crippen LogP contribution in [-0.4, -0.2) is 6.61 Å². The number of allylic oxidation sites excluding steroid dienone is 1. The lowest BCUT2D eigenvalue weighted by Crippen LogP contribution is -1.77. The van der Waals surface area contributed by atoms with Gasteiger partial charge in [0.1, 0.15) is 6.61 Å². The van der Waals surface area contributed by atoms with Crippen molar-refractivity contribution in [3.63, 3.8) is 0 Å². The van der Waals surface area contributed by atoms with E-state index in [1.807, 2.05) is 19.9 Å². The van der Waals surface area contributed by atoms with Crippen LogP contribution in [0.1, 0.15) is 13.8 Å². The van der Waals surface area contributed by atoms with Gasteiger partial charge in [0.15, 0.2) is 0 Å². The lowest BCUT2D eigenvalue weighted by molar-refractivity contribution is 0.232. The first kappa shape index (κ1) is 6.70. The molecule has 0 aromatic carbocycles. The fourth-order valence-electron chi connectivity index (χ4n) is 0.328. The zero-order chi connectivity index (χ0) is 5.70. The summed E-state index contributed by atoms with van der Waals surface area (Å²) < 4.78 is 0. The Hall–Kier alpha value is -0.300. The van der Waals surface area contributed by atoms with Gasteiger partial charge in [0.2, 0.25) is 0 Å².